The summed E-state index contributed by atoms with van der Waals surface area (Å²) in [5.41, 5.74) is 0.436. The maximum Gasteiger partial charge on any atom is 0.0530 e. The first-order valence-corrected chi connectivity index (χ1v) is 7.44. The Morgan fingerprint density at radius 3 is 2.20 bits per heavy atom. The van der Waals surface area contributed by atoms with Crippen molar-refractivity contribution in [3.8, 4) is 0 Å². The second-order valence-electron chi connectivity index (χ2n) is 5.46. The molecule has 90 valence electrons. The van der Waals surface area contributed by atoms with Gasteiger partial charge in [-0.1, -0.05) is 55.5 Å². The Morgan fingerprint density at radius 1 is 1.13 bits per heavy atom. The maximum absolute atomic E-state index is 5.85. The molecule has 15 heavy (non-hydrogen) atoms. The molecule has 1 nitrogen and oxygen atoms in total. The maximum atomic E-state index is 5.85. The molecule has 0 unspecified atom stereocenters. The van der Waals surface area contributed by atoms with Crippen LogP contribution in [0, 0.1) is 11.3 Å². The third kappa shape index (κ3) is 4.86. The van der Waals surface area contributed by atoms with E-state index in [9.17, 15) is 0 Å². The van der Waals surface area contributed by atoms with E-state index in [1.807, 2.05) is 0 Å². The molecule has 0 aromatic heterocycles. The lowest BCUT2D eigenvalue weighted by atomic mass is 9.83. The van der Waals surface area contributed by atoms with Crippen molar-refractivity contribution in [2.75, 3.05) is 18.5 Å². The average Bonchev–Trinajstić information content (AvgIpc) is 2.44. The molecule has 0 bridgehead atoms. The van der Waals surface area contributed by atoms with Crippen molar-refractivity contribution in [2.45, 2.75) is 52.4 Å². The second kappa shape index (κ2) is 6.90. The van der Waals surface area contributed by atoms with Crippen molar-refractivity contribution in [3.05, 3.63) is 0 Å². The number of ether oxygens (including phenoxy) is 1. The van der Waals surface area contributed by atoms with Crippen molar-refractivity contribution in [3.63, 3.8) is 0 Å². The highest BCUT2D eigenvalue weighted by Gasteiger charge is 2.30. The Balaban J connectivity index is 2.36. The van der Waals surface area contributed by atoms with Crippen LogP contribution in [-0.4, -0.2) is 18.5 Å². The van der Waals surface area contributed by atoms with Crippen LogP contribution in [0.4, 0.5) is 0 Å². The second-order valence-corrected chi connectivity index (χ2v) is 6.02. The normalized spacial score (nSPS) is 21.6. The van der Waals surface area contributed by atoms with Gasteiger partial charge in [0.1, 0.15) is 0 Å². The summed E-state index contributed by atoms with van der Waals surface area (Å²) in [5, 5.41) is 1.11. The lowest BCUT2D eigenvalue weighted by Gasteiger charge is -2.30. The molecule has 0 spiro atoms. The van der Waals surface area contributed by atoms with Crippen molar-refractivity contribution in [2.24, 2.45) is 11.3 Å². The Labute approximate surface area is 103 Å². The first-order valence-electron chi connectivity index (χ1n) is 6.32. The van der Waals surface area contributed by atoms with Crippen LogP contribution >= 0.6 is 15.9 Å². The van der Waals surface area contributed by atoms with E-state index in [1.54, 1.807) is 0 Å². The minimum Gasteiger partial charge on any atom is -0.381 e. The molecule has 1 aliphatic rings. The lowest BCUT2D eigenvalue weighted by Crippen LogP contribution is -2.29. The fraction of sp³-hybridized carbons (Fsp3) is 1.00. The molecule has 0 aliphatic heterocycles. The van der Waals surface area contributed by atoms with E-state index in [-0.39, 0.29) is 0 Å². The topological polar surface area (TPSA) is 9.23 Å². The Bertz CT molecular complexity index is 160. The number of rotatable bonds is 5. The molecule has 0 heterocycles. The fourth-order valence-electron chi connectivity index (χ4n) is 2.31. The van der Waals surface area contributed by atoms with E-state index < -0.39 is 0 Å². The van der Waals surface area contributed by atoms with Crippen LogP contribution in [0.2, 0.25) is 0 Å². The summed E-state index contributed by atoms with van der Waals surface area (Å²) in [6, 6.07) is 0. The molecule has 0 atom stereocenters. The van der Waals surface area contributed by atoms with Crippen molar-refractivity contribution in [1.29, 1.82) is 0 Å². The van der Waals surface area contributed by atoms with E-state index >= 15 is 0 Å². The summed E-state index contributed by atoms with van der Waals surface area (Å²) < 4.78 is 5.85. The third-order valence-electron chi connectivity index (χ3n) is 3.31. The first kappa shape index (κ1) is 13.5. The SMILES string of the molecule is CC(C)COCC1(CBr)CCCCCC1. The zero-order valence-electron chi connectivity index (χ0n) is 10.2. The Morgan fingerprint density at radius 2 is 1.73 bits per heavy atom. The van der Waals surface area contributed by atoms with Gasteiger partial charge in [0.15, 0.2) is 0 Å². The Kier molecular flexibility index (Phi) is 6.21. The highest BCUT2D eigenvalue weighted by Crippen LogP contribution is 2.36. The molecule has 2 heteroatoms. The predicted molar refractivity (Wildman–Crippen MR) is 69.6 cm³/mol. The highest BCUT2D eigenvalue weighted by molar-refractivity contribution is 9.09. The van der Waals surface area contributed by atoms with Crippen LogP contribution in [0.1, 0.15) is 52.4 Å². The summed E-state index contributed by atoms with van der Waals surface area (Å²) in [5.74, 6) is 0.656. The van der Waals surface area contributed by atoms with Crippen LogP contribution in [-0.2, 0) is 4.74 Å². The van der Waals surface area contributed by atoms with Gasteiger partial charge in [0.25, 0.3) is 0 Å². The van der Waals surface area contributed by atoms with E-state index in [0.717, 1.165) is 18.5 Å². The summed E-state index contributed by atoms with van der Waals surface area (Å²) >= 11 is 3.69. The number of alkyl halides is 1. The fourth-order valence-corrected chi connectivity index (χ4v) is 3.03. The van der Waals surface area contributed by atoms with Gasteiger partial charge in [-0.15, -0.1) is 0 Å². The number of hydrogen-bond donors (Lipinski definition) is 0. The van der Waals surface area contributed by atoms with E-state index in [4.69, 9.17) is 4.74 Å². The molecule has 1 rings (SSSR count). The predicted octanol–water partition coefficient (Wildman–Crippen LogP) is 4.39. The molecule has 1 aliphatic carbocycles. The van der Waals surface area contributed by atoms with Crippen molar-refractivity contribution < 1.29 is 4.74 Å². The number of halogens is 1. The molecular weight excluding hydrogens is 252 g/mol. The van der Waals surface area contributed by atoms with Crippen LogP contribution in [0.25, 0.3) is 0 Å². The van der Waals surface area contributed by atoms with Gasteiger partial charge in [-0.25, -0.2) is 0 Å². The van der Waals surface area contributed by atoms with Gasteiger partial charge in [0.05, 0.1) is 6.61 Å². The lowest BCUT2D eigenvalue weighted by molar-refractivity contribution is 0.0338. The van der Waals surface area contributed by atoms with Gasteiger partial charge >= 0.3 is 0 Å². The summed E-state index contributed by atoms with van der Waals surface area (Å²) in [4.78, 5) is 0. The summed E-state index contributed by atoms with van der Waals surface area (Å²) in [7, 11) is 0. The largest absolute Gasteiger partial charge is 0.381 e. The minimum atomic E-state index is 0.436. The molecule has 1 fully saturated rings. The molecule has 0 saturated heterocycles. The molecule has 0 aromatic carbocycles. The first-order chi connectivity index (χ1) is 7.18. The quantitative estimate of drug-likeness (QED) is 0.535. The number of hydrogen-bond acceptors (Lipinski definition) is 1. The zero-order valence-corrected chi connectivity index (χ0v) is 11.8. The van der Waals surface area contributed by atoms with Gasteiger partial charge in [0.2, 0.25) is 0 Å². The summed E-state index contributed by atoms with van der Waals surface area (Å²) in [6.07, 6.45) is 8.29. The van der Waals surface area contributed by atoms with E-state index in [0.29, 0.717) is 11.3 Å². The van der Waals surface area contributed by atoms with Crippen molar-refractivity contribution in [1.82, 2.24) is 0 Å². The molecule has 0 N–H and O–H groups in total. The molecular formula is C13H25BrO. The van der Waals surface area contributed by atoms with Gasteiger partial charge in [-0.2, -0.15) is 0 Å². The third-order valence-corrected chi connectivity index (χ3v) is 4.50. The Hall–Kier alpha value is 0.440. The molecule has 0 amide bonds. The standard InChI is InChI=1S/C13H25BrO/c1-12(2)9-15-11-13(10-14)7-5-3-4-6-8-13/h12H,3-11H2,1-2H3. The molecule has 0 aromatic rings. The monoisotopic (exact) mass is 276 g/mol. The smallest absolute Gasteiger partial charge is 0.0530 e. The van der Waals surface area contributed by atoms with E-state index in [2.05, 4.69) is 29.8 Å². The van der Waals surface area contributed by atoms with E-state index in [1.165, 1.54) is 38.5 Å². The van der Waals surface area contributed by atoms with Crippen LogP contribution in [0.5, 0.6) is 0 Å². The minimum absolute atomic E-state index is 0.436. The van der Waals surface area contributed by atoms with Crippen LogP contribution < -0.4 is 0 Å². The van der Waals surface area contributed by atoms with Crippen molar-refractivity contribution >= 4 is 15.9 Å². The highest BCUT2D eigenvalue weighted by atomic mass is 79.9. The molecule has 0 radical (unpaired) electrons. The zero-order chi connectivity index (χ0) is 11.1. The van der Waals surface area contributed by atoms with Gasteiger partial charge in [-0.3, -0.25) is 0 Å². The molecule has 1 saturated carbocycles. The van der Waals surface area contributed by atoms with Gasteiger partial charge < -0.3 is 4.74 Å². The van der Waals surface area contributed by atoms with Gasteiger partial charge in [0, 0.05) is 17.4 Å². The van der Waals surface area contributed by atoms with Gasteiger partial charge in [-0.05, 0) is 18.8 Å². The van der Waals surface area contributed by atoms with Crippen LogP contribution in [0.15, 0.2) is 0 Å². The van der Waals surface area contributed by atoms with Crippen LogP contribution in [0.3, 0.4) is 0 Å². The summed E-state index contributed by atoms with van der Waals surface area (Å²) in [6.45, 7) is 6.30. The average molecular weight is 277 g/mol.